The van der Waals surface area contributed by atoms with E-state index in [1.54, 1.807) is 12.1 Å². The minimum atomic E-state index is -0.614. The number of hydrogen-bond acceptors (Lipinski definition) is 2. The summed E-state index contributed by atoms with van der Waals surface area (Å²) < 4.78 is 18.4. The Morgan fingerprint density at radius 2 is 1.76 bits per heavy atom. The fourth-order valence-electron chi connectivity index (χ4n) is 2.09. The molecule has 0 fully saturated rings. The van der Waals surface area contributed by atoms with Crippen LogP contribution in [0, 0.1) is 5.82 Å². The van der Waals surface area contributed by atoms with Gasteiger partial charge in [-0.1, -0.05) is 48.0 Å². The van der Waals surface area contributed by atoms with Crippen molar-refractivity contribution >= 4 is 28.3 Å². The Morgan fingerprint density at radius 1 is 1.00 bits per heavy atom. The van der Waals surface area contributed by atoms with Gasteiger partial charge in [-0.15, -0.1) is 0 Å². The molecule has 0 heterocycles. The molecule has 21 heavy (non-hydrogen) atoms. The van der Waals surface area contributed by atoms with E-state index in [0.717, 1.165) is 16.8 Å². The van der Waals surface area contributed by atoms with Crippen molar-refractivity contribution in [3.8, 4) is 5.75 Å². The maximum absolute atomic E-state index is 13.0. The van der Waals surface area contributed by atoms with Crippen LogP contribution in [0.2, 0.25) is 5.02 Å². The summed E-state index contributed by atoms with van der Waals surface area (Å²) in [5, 5.41) is 1.82. The smallest absolute Gasteiger partial charge is 0.345 e. The lowest BCUT2D eigenvalue weighted by atomic mass is 10.1. The number of esters is 1. The summed E-state index contributed by atoms with van der Waals surface area (Å²) in [5.74, 6) is -0.670. The van der Waals surface area contributed by atoms with Crippen molar-refractivity contribution in [2.24, 2.45) is 0 Å². The van der Waals surface area contributed by atoms with Crippen LogP contribution < -0.4 is 4.74 Å². The Hall–Kier alpha value is -2.39. The summed E-state index contributed by atoms with van der Waals surface area (Å²) in [6.07, 6.45) is 0. The quantitative estimate of drug-likeness (QED) is 0.499. The molecule has 0 aliphatic carbocycles. The van der Waals surface area contributed by atoms with Crippen molar-refractivity contribution in [3.05, 3.63) is 77.1 Å². The zero-order chi connectivity index (χ0) is 14.8. The highest BCUT2D eigenvalue weighted by atomic mass is 35.5. The molecule has 2 nitrogen and oxygen atoms in total. The Labute approximate surface area is 125 Å². The third-order valence-electron chi connectivity index (χ3n) is 3.10. The third kappa shape index (κ3) is 2.73. The lowest BCUT2D eigenvalue weighted by Crippen LogP contribution is -2.09. The van der Waals surface area contributed by atoms with E-state index in [4.69, 9.17) is 16.3 Å². The fourth-order valence-corrected chi connectivity index (χ4v) is 2.34. The normalized spacial score (nSPS) is 10.6. The lowest BCUT2D eigenvalue weighted by Gasteiger charge is -2.08. The van der Waals surface area contributed by atoms with E-state index in [2.05, 4.69) is 0 Å². The first-order chi connectivity index (χ1) is 10.1. The highest BCUT2D eigenvalue weighted by molar-refractivity contribution is 6.33. The average Bonchev–Trinajstić information content (AvgIpc) is 2.47. The predicted molar refractivity (Wildman–Crippen MR) is 80.3 cm³/mol. The number of benzene rings is 3. The molecule has 3 rings (SSSR count). The monoisotopic (exact) mass is 300 g/mol. The highest BCUT2D eigenvalue weighted by Gasteiger charge is 2.14. The van der Waals surface area contributed by atoms with Crippen LogP contribution in [0.5, 0.6) is 5.75 Å². The van der Waals surface area contributed by atoms with Gasteiger partial charge in [-0.2, -0.15) is 0 Å². The Bertz CT molecular complexity index is 825. The van der Waals surface area contributed by atoms with Crippen molar-refractivity contribution in [1.29, 1.82) is 0 Å². The molecule has 0 radical (unpaired) electrons. The van der Waals surface area contributed by atoms with Crippen LogP contribution >= 0.6 is 11.6 Å². The van der Waals surface area contributed by atoms with Gasteiger partial charge in [0.1, 0.15) is 11.6 Å². The van der Waals surface area contributed by atoms with Crippen molar-refractivity contribution in [2.45, 2.75) is 0 Å². The van der Waals surface area contributed by atoms with Crippen LogP contribution in [-0.2, 0) is 0 Å². The second-order valence-corrected chi connectivity index (χ2v) is 4.90. The van der Waals surface area contributed by atoms with Gasteiger partial charge in [-0.05, 0) is 29.7 Å². The summed E-state index contributed by atoms with van der Waals surface area (Å²) in [7, 11) is 0. The van der Waals surface area contributed by atoms with Crippen molar-refractivity contribution in [3.63, 3.8) is 0 Å². The number of carbonyl (C=O) groups excluding carboxylic acids is 1. The molecule has 0 aromatic heterocycles. The molecule has 0 aliphatic heterocycles. The van der Waals surface area contributed by atoms with Crippen LogP contribution in [0.25, 0.3) is 10.8 Å². The first kappa shape index (κ1) is 13.6. The van der Waals surface area contributed by atoms with E-state index >= 15 is 0 Å². The van der Waals surface area contributed by atoms with Gasteiger partial charge in [0, 0.05) is 5.39 Å². The topological polar surface area (TPSA) is 26.3 Å². The molecule has 3 aromatic carbocycles. The minimum Gasteiger partial charge on any atom is -0.422 e. The third-order valence-corrected chi connectivity index (χ3v) is 3.42. The molecule has 0 amide bonds. The average molecular weight is 301 g/mol. The summed E-state index contributed by atoms with van der Waals surface area (Å²) in [6.45, 7) is 0. The summed E-state index contributed by atoms with van der Waals surface area (Å²) in [4.78, 5) is 12.2. The Morgan fingerprint density at radius 3 is 2.57 bits per heavy atom. The van der Waals surface area contributed by atoms with E-state index in [1.807, 2.05) is 30.3 Å². The molecule has 4 heteroatoms. The van der Waals surface area contributed by atoms with E-state index < -0.39 is 11.8 Å². The van der Waals surface area contributed by atoms with Crippen molar-refractivity contribution in [1.82, 2.24) is 0 Å². The molecule has 0 saturated carbocycles. The maximum atomic E-state index is 13.0. The van der Waals surface area contributed by atoms with Gasteiger partial charge in [-0.25, -0.2) is 9.18 Å². The summed E-state index contributed by atoms with van der Waals surface area (Å²) >= 11 is 5.87. The zero-order valence-electron chi connectivity index (χ0n) is 10.8. The largest absolute Gasteiger partial charge is 0.422 e. The van der Waals surface area contributed by atoms with Gasteiger partial charge in [0.25, 0.3) is 0 Å². The Kier molecular flexibility index (Phi) is 3.59. The standard InChI is InChI=1S/C17H10ClFO2/c18-15-10-12(19)8-9-14(15)17(20)21-16-7-3-5-11-4-1-2-6-13(11)16/h1-10H. The molecule has 3 aromatic rings. The number of ether oxygens (including phenoxy) is 1. The number of fused-ring (bicyclic) bond motifs is 1. The van der Waals surface area contributed by atoms with E-state index in [9.17, 15) is 9.18 Å². The van der Waals surface area contributed by atoms with Gasteiger partial charge in [0.05, 0.1) is 10.6 Å². The summed E-state index contributed by atoms with van der Waals surface area (Å²) in [5.41, 5.74) is 0.131. The molecular weight excluding hydrogens is 291 g/mol. The van der Waals surface area contributed by atoms with Gasteiger partial charge >= 0.3 is 5.97 Å². The fraction of sp³-hybridized carbons (Fsp3) is 0. The molecule has 0 unspecified atom stereocenters. The summed E-state index contributed by atoms with van der Waals surface area (Å²) in [6, 6.07) is 16.6. The first-order valence-electron chi connectivity index (χ1n) is 6.30. The highest BCUT2D eigenvalue weighted by Crippen LogP contribution is 2.27. The lowest BCUT2D eigenvalue weighted by molar-refractivity contribution is 0.0737. The molecular formula is C17H10ClFO2. The molecule has 0 aliphatic rings. The second kappa shape index (κ2) is 5.54. The van der Waals surface area contributed by atoms with Gasteiger partial charge in [0.2, 0.25) is 0 Å². The Balaban J connectivity index is 1.97. The van der Waals surface area contributed by atoms with Crippen molar-refractivity contribution in [2.75, 3.05) is 0 Å². The molecule has 0 bridgehead atoms. The molecule has 0 N–H and O–H groups in total. The second-order valence-electron chi connectivity index (χ2n) is 4.49. The van der Waals surface area contributed by atoms with Crippen LogP contribution in [-0.4, -0.2) is 5.97 Å². The zero-order valence-corrected chi connectivity index (χ0v) is 11.6. The van der Waals surface area contributed by atoms with Crippen LogP contribution in [0.4, 0.5) is 4.39 Å². The number of carbonyl (C=O) groups is 1. The number of rotatable bonds is 2. The van der Waals surface area contributed by atoms with Gasteiger partial charge in [-0.3, -0.25) is 0 Å². The maximum Gasteiger partial charge on any atom is 0.345 e. The van der Waals surface area contributed by atoms with Crippen LogP contribution in [0.3, 0.4) is 0 Å². The number of halogens is 2. The molecule has 0 spiro atoms. The van der Waals surface area contributed by atoms with Gasteiger partial charge < -0.3 is 4.74 Å². The predicted octanol–water partition coefficient (Wildman–Crippen LogP) is 4.85. The van der Waals surface area contributed by atoms with Gasteiger partial charge in [0.15, 0.2) is 0 Å². The van der Waals surface area contributed by atoms with E-state index in [-0.39, 0.29) is 10.6 Å². The SMILES string of the molecule is O=C(Oc1cccc2ccccc12)c1ccc(F)cc1Cl. The molecule has 0 saturated heterocycles. The number of hydrogen-bond donors (Lipinski definition) is 0. The molecule has 104 valence electrons. The first-order valence-corrected chi connectivity index (χ1v) is 6.68. The van der Waals surface area contributed by atoms with Crippen LogP contribution in [0.15, 0.2) is 60.7 Å². The minimum absolute atomic E-state index is 0.0280. The van der Waals surface area contributed by atoms with Crippen LogP contribution in [0.1, 0.15) is 10.4 Å². The van der Waals surface area contributed by atoms with E-state index in [0.29, 0.717) is 5.75 Å². The van der Waals surface area contributed by atoms with E-state index in [1.165, 1.54) is 12.1 Å². The van der Waals surface area contributed by atoms with Crippen molar-refractivity contribution < 1.29 is 13.9 Å². The molecule has 0 atom stereocenters.